The van der Waals surface area contributed by atoms with E-state index in [1.165, 1.54) is 6.92 Å². The normalized spacial score (nSPS) is 13.7. The molecule has 26 heavy (non-hydrogen) atoms. The lowest BCUT2D eigenvalue weighted by Gasteiger charge is -2.15. The average Bonchev–Trinajstić information content (AvgIpc) is 3.03. The first-order chi connectivity index (χ1) is 12.1. The molecule has 0 spiro atoms. The summed E-state index contributed by atoms with van der Waals surface area (Å²) in [6.07, 6.45) is -4.49. The van der Waals surface area contributed by atoms with E-state index in [1.807, 2.05) is 0 Å². The maximum absolute atomic E-state index is 12.5. The van der Waals surface area contributed by atoms with Crippen LogP contribution in [0.25, 0.3) is 0 Å². The molecule has 0 radical (unpaired) electrons. The standard InChI is InChI=1S/C16H16F3N3O3S/c1-8(13(23)20-9(2)14(24)25)10-3-5-11(6-4-10)21-15-22-12(7-26-15)16(17,18)19/h3-9H,1-2H3,(H,20,23)(H,21,22)(H,24,25)/t8-,9-/m0/s1. The number of carbonyl (C=O) groups excluding carboxylic acids is 1. The highest BCUT2D eigenvalue weighted by Gasteiger charge is 2.33. The maximum atomic E-state index is 12.5. The second-order valence-corrected chi connectivity index (χ2v) is 6.43. The summed E-state index contributed by atoms with van der Waals surface area (Å²) in [5, 5.41) is 15.0. The first-order valence-electron chi connectivity index (χ1n) is 7.51. The van der Waals surface area contributed by atoms with Gasteiger partial charge in [0.15, 0.2) is 10.8 Å². The molecule has 140 valence electrons. The topological polar surface area (TPSA) is 91.3 Å². The Bertz CT molecular complexity index is 790. The van der Waals surface area contributed by atoms with Crippen molar-refractivity contribution in [2.45, 2.75) is 32.0 Å². The number of amides is 1. The molecular weight excluding hydrogens is 371 g/mol. The minimum atomic E-state index is -4.49. The minimum absolute atomic E-state index is 0.103. The van der Waals surface area contributed by atoms with Crippen LogP contribution >= 0.6 is 11.3 Å². The van der Waals surface area contributed by atoms with Gasteiger partial charge in [0.25, 0.3) is 0 Å². The first kappa shape index (κ1) is 19.7. The zero-order chi connectivity index (χ0) is 19.5. The fourth-order valence-corrected chi connectivity index (χ4v) is 2.73. The molecule has 0 aliphatic carbocycles. The summed E-state index contributed by atoms with van der Waals surface area (Å²) in [5.41, 5.74) is 0.198. The van der Waals surface area contributed by atoms with Gasteiger partial charge in [0.2, 0.25) is 5.91 Å². The third-order valence-corrected chi connectivity index (χ3v) is 4.34. The number of benzene rings is 1. The van der Waals surface area contributed by atoms with E-state index < -0.39 is 35.7 Å². The van der Waals surface area contributed by atoms with Gasteiger partial charge in [-0.1, -0.05) is 12.1 Å². The van der Waals surface area contributed by atoms with Crippen molar-refractivity contribution < 1.29 is 27.9 Å². The molecule has 0 saturated carbocycles. The summed E-state index contributed by atoms with van der Waals surface area (Å²) in [4.78, 5) is 26.3. The molecule has 0 unspecified atom stereocenters. The van der Waals surface area contributed by atoms with Gasteiger partial charge in [0, 0.05) is 11.1 Å². The minimum Gasteiger partial charge on any atom is -0.480 e. The van der Waals surface area contributed by atoms with Crippen molar-refractivity contribution in [1.82, 2.24) is 10.3 Å². The van der Waals surface area contributed by atoms with Crippen molar-refractivity contribution in [3.63, 3.8) is 0 Å². The Kier molecular flexibility index (Phi) is 5.86. The summed E-state index contributed by atoms with van der Waals surface area (Å²) in [6.45, 7) is 2.99. The second kappa shape index (κ2) is 7.73. The van der Waals surface area contributed by atoms with Crippen LogP contribution in [0.4, 0.5) is 24.0 Å². The van der Waals surface area contributed by atoms with E-state index in [-0.39, 0.29) is 5.13 Å². The molecule has 1 amide bonds. The van der Waals surface area contributed by atoms with Crippen molar-refractivity contribution in [3.8, 4) is 0 Å². The number of rotatable bonds is 6. The van der Waals surface area contributed by atoms with Gasteiger partial charge >= 0.3 is 12.1 Å². The fourth-order valence-electron chi connectivity index (χ4n) is 1.99. The Morgan fingerprint density at radius 2 is 1.81 bits per heavy atom. The number of carboxylic acids is 1. The van der Waals surface area contributed by atoms with Crippen LogP contribution in [0.3, 0.4) is 0 Å². The number of nitrogens with zero attached hydrogens (tertiary/aromatic N) is 1. The fraction of sp³-hybridized carbons (Fsp3) is 0.312. The van der Waals surface area contributed by atoms with Gasteiger partial charge in [-0.2, -0.15) is 13.2 Å². The van der Waals surface area contributed by atoms with Gasteiger partial charge in [0.05, 0.1) is 5.92 Å². The molecule has 1 heterocycles. The van der Waals surface area contributed by atoms with Gasteiger partial charge < -0.3 is 15.7 Å². The Morgan fingerprint density at radius 3 is 2.31 bits per heavy atom. The molecule has 3 N–H and O–H groups in total. The Balaban J connectivity index is 2.02. The van der Waals surface area contributed by atoms with Crippen LogP contribution in [0.5, 0.6) is 0 Å². The van der Waals surface area contributed by atoms with E-state index >= 15 is 0 Å². The molecule has 0 aliphatic heterocycles. The van der Waals surface area contributed by atoms with Gasteiger partial charge in [-0.05, 0) is 31.5 Å². The predicted molar refractivity (Wildman–Crippen MR) is 90.5 cm³/mol. The molecule has 10 heteroatoms. The number of carbonyl (C=O) groups is 2. The van der Waals surface area contributed by atoms with Crippen LogP contribution in [0.1, 0.15) is 31.0 Å². The number of hydrogen-bond acceptors (Lipinski definition) is 5. The number of carboxylic acid groups (broad SMARTS) is 1. The van der Waals surface area contributed by atoms with Crippen LogP contribution in [-0.4, -0.2) is 28.0 Å². The lowest BCUT2D eigenvalue weighted by molar-refractivity contribution is -0.141. The summed E-state index contributed by atoms with van der Waals surface area (Å²) >= 11 is 0.834. The number of halogens is 3. The zero-order valence-electron chi connectivity index (χ0n) is 13.8. The lowest BCUT2D eigenvalue weighted by atomic mass is 10.00. The SMILES string of the molecule is C[C@H](NC(=O)[C@@H](C)c1ccc(Nc2nc(C(F)(F)F)cs2)cc1)C(=O)O. The second-order valence-electron chi connectivity index (χ2n) is 5.57. The lowest BCUT2D eigenvalue weighted by Crippen LogP contribution is -2.40. The van der Waals surface area contributed by atoms with E-state index in [1.54, 1.807) is 31.2 Å². The molecular formula is C16H16F3N3O3S. The monoisotopic (exact) mass is 387 g/mol. The van der Waals surface area contributed by atoms with Crippen LogP contribution in [0.15, 0.2) is 29.6 Å². The summed E-state index contributed by atoms with van der Waals surface area (Å²) in [7, 11) is 0. The Labute approximate surface area is 151 Å². The van der Waals surface area contributed by atoms with Crippen LogP contribution in [0, 0.1) is 0 Å². The highest BCUT2D eigenvalue weighted by molar-refractivity contribution is 7.13. The highest BCUT2D eigenvalue weighted by atomic mass is 32.1. The summed E-state index contributed by atoms with van der Waals surface area (Å²) in [6, 6.07) is 5.48. The molecule has 1 aromatic carbocycles. The van der Waals surface area contributed by atoms with E-state index in [0.29, 0.717) is 11.3 Å². The highest BCUT2D eigenvalue weighted by Crippen LogP contribution is 2.32. The van der Waals surface area contributed by atoms with Crippen LogP contribution in [-0.2, 0) is 15.8 Å². The van der Waals surface area contributed by atoms with Crippen molar-refractivity contribution in [2.24, 2.45) is 0 Å². The van der Waals surface area contributed by atoms with Gasteiger partial charge in [-0.25, -0.2) is 4.98 Å². The molecule has 0 saturated heterocycles. The summed E-state index contributed by atoms with van der Waals surface area (Å²) < 4.78 is 37.6. The molecule has 1 aromatic heterocycles. The molecule has 2 rings (SSSR count). The average molecular weight is 387 g/mol. The first-order valence-corrected chi connectivity index (χ1v) is 8.38. The van der Waals surface area contributed by atoms with E-state index in [2.05, 4.69) is 15.6 Å². The van der Waals surface area contributed by atoms with Gasteiger partial charge in [-0.15, -0.1) is 11.3 Å². The Hall–Kier alpha value is -2.62. The van der Waals surface area contributed by atoms with Gasteiger partial charge in [0.1, 0.15) is 6.04 Å². The third-order valence-electron chi connectivity index (χ3n) is 3.58. The Morgan fingerprint density at radius 1 is 1.19 bits per heavy atom. The number of anilines is 2. The van der Waals surface area contributed by atoms with E-state index in [4.69, 9.17) is 5.11 Å². The molecule has 2 aromatic rings. The van der Waals surface area contributed by atoms with Crippen LogP contribution < -0.4 is 10.6 Å². The number of alkyl halides is 3. The third kappa shape index (κ3) is 4.94. The van der Waals surface area contributed by atoms with E-state index in [0.717, 1.165) is 16.7 Å². The molecule has 0 bridgehead atoms. The molecule has 0 fully saturated rings. The largest absolute Gasteiger partial charge is 0.480 e. The predicted octanol–water partition coefficient (Wildman–Crippen LogP) is 3.60. The van der Waals surface area contributed by atoms with E-state index in [9.17, 15) is 22.8 Å². The number of aliphatic carboxylic acids is 1. The zero-order valence-corrected chi connectivity index (χ0v) is 14.6. The smallest absolute Gasteiger partial charge is 0.434 e. The van der Waals surface area contributed by atoms with Crippen molar-refractivity contribution in [1.29, 1.82) is 0 Å². The van der Waals surface area contributed by atoms with Crippen molar-refractivity contribution in [3.05, 3.63) is 40.9 Å². The summed E-state index contributed by atoms with van der Waals surface area (Å²) in [5.74, 6) is -2.15. The number of hydrogen-bond donors (Lipinski definition) is 3. The van der Waals surface area contributed by atoms with Crippen molar-refractivity contribution >= 4 is 34.0 Å². The number of thiazole rings is 1. The number of aromatic nitrogens is 1. The quantitative estimate of drug-likeness (QED) is 0.705. The maximum Gasteiger partial charge on any atom is 0.434 e. The molecule has 2 atom stereocenters. The number of nitrogens with one attached hydrogen (secondary N) is 2. The van der Waals surface area contributed by atoms with Crippen LogP contribution in [0.2, 0.25) is 0 Å². The van der Waals surface area contributed by atoms with Crippen molar-refractivity contribution in [2.75, 3.05) is 5.32 Å². The molecule has 6 nitrogen and oxygen atoms in total. The molecule has 0 aliphatic rings. The van der Waals surface area contributed by atoms with Gasteiger partial charge in [-0.3, -0.25) is 9.59 Å².